The van der Waals surface area contributed by atoms with E-state index in [1.165, 1.54) is 44.9 Å². The van der Waals surface area contributed by atoms with Gasteiger partial charge in [0.05, 0.1) is 6.10 Å². The highest BCUT2D eigenvalue weighted by Gasteiger charge is 2.57. The summed E-state index contributed by atoms with van der Waals surface area (Å²) in [7, 11) is 0. The van der Waals surface area contributed by atoms with Gasteiger partial charge < -0.3 is 5.11 Å². The van der Waals surface area contributed by atoms with Crippen LogP contribution in [0.2, 0.25) is 0 Å². The summed E-state index contributed by atoms with van der Waals surface area (Å²) in [5.74, 6) is 3.77. The molecule has 4 aliphatic rings. The first kappa shape index (κ1) is 15.2. The Kier molecular flexibility index (Phi) is 3.53. The van der Waals surface area contributed by atoms with Gasteiger partial charge in [-0.3, -0.25) is 0 Å². The van der Waals surface area contributed by atoms with E-state index in [1.54, 1.807) is 5.57 Å². The number of aliphatic hydroxyl groups is 1. The second kappa shape index (κ2) is 5.10. The van der Waals surface area contributed by atoms with Crippen LogP contribution in [0.4, 0.5) is 0 Å². The molecule has 124 valence electrons. The van der Waals surface area contributed by atoms with E-state index < -0.39 is 0 Å². The normalized spacial score (nSPS) is 54.2. The zero-order valence-electron chi connectivity index (χ0n) is 14.8. The fourth-order valence-corrected chi connectivity index (χ4v) is 7.42. The van der Waals surface area contributed by atoms with Crippen molar-refractivity contribution in [2.45, 2.75) is 84.7 Å². The third-order valence-corrected chi connectivity index (χ3v) is 8.77. The van der Waals surface area contributed by atoms with E-state index in [2.05, 4.69) is 26.8 Å². The molecule has 0 aromatic rings. The Morgan fingerprint density at radius 2 is 1.91 bits per heavy atom. The van der Waals surface area contributed by atoms with Crippen LogP contribution in [0.15, 0.2) is 11.6 Å². The zero-order valence-corrected chi connectivity index (χ0v) is 14.8. The van der Waals surface area contributed by atoms with Crippen molar-refractivity contribution in [3.05, 3.63) is 11.6 Å². The van der Waals surface area contributed by atoms with Gasteiger partial charge >= 0.3 is 0 Å². The van der Waals surface area contributed by atoms with E-state index in [-0.39, 0.29) is 6.10 Å². The predicted molar refractivity (Wildman–Crippen MR) is 91.5 cm³/mol. The lowest BCUT2D eigenvalue weighted by molar-refractivity contribution is -0.0500. The smallest absolute Gasteiger partial charge is 0.0577 e. The third-order valence-electron chi connectivity index (χ3n) is 8.77. The highest BCUT2D eigenvalue weighted by molar-refractivity contribution is 5.25. The van der Waals surface area contributed by atoms with Crippen molar-refractivity contribution < 1.29 is 5.11 Å². The quantitative estimate of drug-likeness (QED) is 0.648. The molecule has 0 heterocycles. The molecule has 4 rings (SSSR count). The molecule has 0 aromatic carbocycles. The fourth-order valence-electron chi connectivity index (χ4n) is 7.42. The van der Waals surface area contributed by atoms with Crippen molar-refractivity contribution in [1.82, 2.24) is 0 Å². The first-order valence-electron chi connectivity index (χ1n) is 9.86. The summed E-state index contributed by atoms with van der Waals surface area (Å²) in [4.78, 5) is 0. The minimum atomic E-state index is -0.0688. The zero-order chi connectivity index (χ0) is 15.5. The van der Waals surface area contributed by atoms with Crippen LogP contribution >= 0.6 is 0 Å². The topological polar surface area (TPSA) is 20.2 Å². The summed E-state index contributed by atoms with van der Waals surface area (Å²) in [6.07, 6.45) is 14.3. The first-order valence-corrected chi connectivity index (χ1v) is 9.86. The SMILES string of the molecule is CC[C@H]1CC[C@H]2[C@@H]3CC=C4CC(O)CC[C@]4(C)[C@H]3CC[C@]12C. The van der Waals surface area contributed by atoms with Crippen LogP contribution in [-0.2, 0) is 0 Å². The van der Waals surface area contributed by atoms with E-state index >= 15 is 0 Å². The van der Waals surface area contributed by atoms with E-state index in [4.69, 9.17) is 0 Å². The summed E-state index contributed by atoms with van der Waals surface area (Å²) in [5, 5.41) is 10.1. The number of hydrogen-bond acceptors (Lipinski definition) is 1. The molecular weight excluding hydrogens is 268 g/mol. The number of allylic oxidation sites excluding steroid dienone is 1. The van der Waals surface area contributed by atoms with Gasteiger partial charge in [0.1, 0.15) is 0 Å². The minimum Gasteiger partial charge on any atom is -0.393 e. The maximum atomic E-state index is 10.1. The molecule has 0 radical (unpaired) electrons. The molecule has 0 saturated heterocycles. The third kappa shape index (κ3) is 1.93. The van der Waals surface area contributed by atoms with Crippen molar-refractivity contribution >= 4 is 0 Å². The van der Waals surface area contributed by atoms with Crippen LogP contribution in [0, 0.1) is 34.5 Å². The van der Waals surface area contributed by atoms with Crippen LogP contribution in [0.3, 0.4) is 0 Å². The van der Waals surface area contributed by atoms with Gasteiger partial charge in [-0.25, -0.2) is 0 Å². The maximum Gasteiger partial charge on any atom is 0.0577 e. The Labute approximate surface area is 136 Å². The van der Waals surface area contributed by atoms with Crippen LogP contribution in [0.25, 0.3) is 0 Å². The highest BCUT2D eigenvalue weighted by atomic mass is 16.3. The van der Waals surface area contributed by atoms with E-state index in [1.807, 2.05) is 0 Å². The number of fused-ring (bicyclic) bond motifs is 5. The van der Waals surface area contributed by atoms with Gasteiger partial charge in [-0.2, -0.15) is 0 Å². The van der Waals surface area contributed by atoms with Gasteiger partial charge in [-0.15, -0.1) is 0 Å². The summed E-state index contributed by atoms with van der Waals surface area (Å²) >= 11 is 0. The van der Waals surface area contributed by atoms with Gasteiger partial charge in [0.2, 0.25) is 0 Å². The Morgan fingerprint density at radius 3 is 2.68 bits per heavy atom. The molecular formula is C21H34O. The molecule has 1 N–H and O–H groups in total. The second-order valence-electron chi connectivity index (χ2n) is 9.38. The van der Waals surface area contributed by atoms with Crippen LogP contribution < -0.4 is 0 Å². The van der Waals surface area contributed by atoms with Gasteiger partial charge in [0.25, 0.3) is 0 Å². The molecule has 1 unspecified atom stereocenters. The molecule has 22 heavy (non-hydrogen) atoms. The molecule has 0 aliphatic heterocycles. The summed E-state index contributed by atoms with van der Waals surface area (Å²) in [6.45, 7) is 7.57. The lowest BCUT2D eigenvalue weighted by Crippen LogP contribution is -2.50. The molecule has 1 heteroatoms. The molecule has 0 bridgehead atoms. The molecule has 1 nitrogen and oxygen atoms in total. The number of aliphatic hydroxyl groups excluding tert-OH is 1. The molecule has 0 spiro atoms. The van der Waals surface area contributed by atoms with Gasteiger partial charge in [0, 0.05) is 0 Å². The Morgan fingerprint density at radius 1 is 1.09 bits per heavy atom. The van der Waals surface area contributed by atoms with E-state index in [0.717, 1.165) is 36.5 Å². The van der Waals surface area contributed by atoms with Crippen molar-refractivity contribution in [2.75, 3.05) is 0 Å². The summed E-state index contributed by atoms with van der Waals surface area (Å²) in [6, 6.07) is 0. The van der Waals surface area contributed by atoms with Gasteiger partial charge in [-0.1, -0.05) is 38.8 Å². The molecule has 0 amide bonds. The number of hydrogen-bond donors (Lipinski definition) is 1. The number of rotatable bonds is 1. The maximum absolute atomic E-state index is 10.1. The van der Waals surface area contributed by atoms with E-state index in [9.17, 15) is 5.11 Å². The van der Waals surface area contributed by atoms with Gasteiger partial charge in [-0.05, 0) is 85.9 Å². The fraction of sp³-hybridized carbons (Fsp3) is 0.905. The Hall–Kier alpha value is -0.300. The van der Waals surface area contributed by atoms with Crippen LogP contribution in [-0.4, -0.2) is 11.2 Å². The standard InChI is InChI=1S/C21H34O/c1-4-14-6-8-18-17-7-5-15-13-16(22)9-11-21(15,3)19(17)10-12-20(14,18)2/h5,14,16-19,22H,4,6-13H2,1-3H3/t14-,16?,17-,18-,19-,20+,21-/m0/s1. The first-order chi connectivity index (χ1) is 10.5. The second-order valence-corrected chi connectivity index (χ2v) is 9.38. The molecule has 7 atom stereocenters. The highest BCUT2D eigenvalue weighted by Crippen LogP contribution is 2.66. The van der Waals surface area contributed by atoms with Crippen LogP contribution in [0.5, 0.6) is 0 Å². The van der Waals surface area contributed by atoms with Crippen molar-refractivity contribution in [2.24, 2.45) is 34.5 Å². The molecule has 3 saturated carbocycles. The largest absolute Gasteiger partial charge is 0.393 e. The lowest BCUT2D eigenvalue weighted by atomic mass is 9.47. The van der Waals surface area contributed by atoms with Crippen LogP contribution in [0.1, 0.15) is 78.6 Å². The molecule has 0 aromatic heterocycles. The average molecular weight is 303 g/mol. The van der Waals surface area contributed by atoms with E-state index in [0.29, 0.717) is 10.8 Å². The summed E-state index contributed by atoms with van der Waals surface area (Å²) in [5.41, 5.74) is 2.65. The average Bonchev–Trinajstić information content (AvgIpc) is 2.84. The minimum absolute atomic E-state index is 0.0688. The molecule has 3 fully saturated rings. The van der Waals surface area contributed by atoms with Crippen molar-refractivity contribution in [3.63, 3.8) is 0 Å². The Balaban J connectivity index is 1.66. The Bertz CT molecular complexity index is 480. The van der Waals surface area contributed by atoms with Crippen molar-refractivity contribution in [3.8, 4) is 0 Å². The van der Waals surface area contributed by atoms with Gasteiger partial charge in [0.15, 0.2) is 0 Å². The lowest BCUT2D eigenvalue weighted by Gasteiger charge is -2.58. The molecule has 4 aliphatic carbocycles. The predicted octanol–water partition coefficient (Wildman–Crippen LogP) is 5.34. The van der Waals surface area contributed by atoms with Crippen molar-refractivity contribution in [1.29, 1.82) is 0 Å². The monoisotopic (exact) mass is 302 g/mol. The summed E-state index contributed by atoms with van der Waals surface area (Å²) < 4.78 is 0.